The Morgan fingerprint density at radius 3 is 2.97 bits per heavy atom. The molecule has 8 nitrogen and oxygen atoms in total. The van der Waals surface area contributed by atoms with Gasteiger partial charge in [-0.05, 0) is 49.1 Å². The summed E-state index contributed by atoms with van der Waals surface area (Å²) < 4.78 is 5.37. The van der Waals surface area contributed by atoms with E-state index in [-0.39, 0.29) is 11.8 Å². The number of carbonyl (C=O) groups is 2. The van der Waals surface area contributed by atoms with E-state index in [4.69, 9.17) is 4.74 Å². The molecular formula is C23H23N5O3S2. The fourth-order valence-electron chi connectivity index (χ4n) is 3.33. The normalized spacial score (nSPS) is 15.4. The molecule has 1 unspecified atom stereocenters. The molecule has 2 amide bonds. The molecule has 10 heteroatoms. The largest absolute Gasteiger partial charge is 0.449 e. The zero-order valence-corrected chi connectivity index (χ0v) is 19.5. The minimum atomic E-state index is -0.473. The Morgan fingerprint density at radius 1 is 1.42 bits per heavy atom. The van der Waals surface area contributed by atoms with Crippen molar-refractivity contribution in [2.24, 2.45) is 10.9 Å². The van der Waals surface area contributed by atoms with Gasteiger partial charge in [-0.3, -0.25) is 9.79 Å². The van der Waals surface area contributed by atoms with E-state index in [1.54, 1.807) is 18.3 Å². The van der Waals surface area contributed by atoms with Crippen LogP contribution in [0.2, 0.25) is 0 Å². The van der Waals surface area contributed by atoms with Crippen molar-refractivity contribution in [3.63, 3.8) is 0 Å². The van der Waals surface area contributed by atoms with Gasteiger partial charge in [-0.15, -0.1) is 22.7 Å². The lowest BCUT2D eigenvalue weighted by Gasteiger charge is -2.21. The molecule has 1 aliphatic rings. The molecule has 2 aromatic heterocycles. The number of rotatable bonds is 9. The Bertz CT molecular complexity index is 1130. The highest BCUT2D eigenvalue weighted by molar-refractivity contribution is 7.16. The van der Waals surface area contributed by atoms with E-state index in [9.17, 15) is 14.9 Å². The summed E-state index contributed by atoms with van der Waals surface area (Å²) in [6, 6.07) is 2.22. The summed E-state index contributed by atoms with van der Waals surface area (Å²) in [6.45, 7) is 7.66. The first kappa shape index (κ1) is 24.1. The smallest absolute Gasteiger partial charge is 0.407 e. The second-order valence-electron chi connectivity index (χ2n) is 7.14. The summed E-state index contributed by atoms with van der Waals surface area (Å²) in [4.78, 5) is 33.1. The molecule has 2 N–H and O–H groups in total. The highest BCUT2D eigenvalue weighted by Crippen LogP contribution is 2.39. The van der Waals surface area contributed by atoms with E-state index >= 15 is 0 Å². The number of amides is 2. The van der Waals surface area contributed by atoms with Crippen LogP contribution in [0.3, 0.4) is 0 Å². The maximum Gasteiger partial charge on any atom is 0.407 e. The summed E-state index contributed by atoms with van der Waals surface area (Å²) in [5.74, 6) is -0.192. The van der Waals surface area contributed by atoms with Crippen LogP contribution in [-0.4, -0.2) is 30.3 Å². The van der Waals surface area contributed by atoms with Gasteiger partial charge in [-0.25, -0.2) is 9.78 Å². The third kappa shape index (κ3) is 6.71. The van der Waals surface area contributed by atoms with Crippen molar-refractivity contribution in [3.05, 3.63) is 69.2 Å². The van der Waals surface area contributed by atoms with E-state index in [0.29, 0.717) is 42.1 Å². The maximum absolute atomic E-state index is 12.3. The van der Waals surface area contributed by atoms with E-state index in [1.165, 1.54) is 34.9 Å². The van der Waals surface area contributed by atoms with Gasteiger partial charge in [-0.1, -0.05) is 12.7 Å². The fraction of sp³-hybridized carbons (Fsp3) is 0.261. The number of ether oxygens (including phenoxy) is 1. The van der Waals surface area contributed by atoms with Crippen LogP contribution in [-0.2, 0) is 28.9 Å². The van der Waals surface area contributed by atoms with E-state index < -0.39 is 6.09 Å². The van der Waals surface area contributed by atoms with Gasteiger partial charge in [0.05, 0.1) is 18.7 Å². The van der Waals surface area contributed by atoms with Crippen LogP contribution < -0.4 is 10.6 Å². The molecule has 2 heterocycles. The number of nitrogens with one attached hydrogen (secondary N) is 2. The number of hydrogen-bond donors (Lipinski definition) is 2. The molecule has 0 fully saturated rings. The average molecular weight is 482 g/mol. The number of alkyl carbamates (subject to hydrolysis) is 1. The highest BCUT2D eigenvalue weighted by atomic mass is 32.1. The van der Waals surface area contributed by atoms with Crippen LogP contribution in [0, 0.1) is 17.2 Å². The summed E-state index contributed by atoms with van der Waals surface area (Å²) in [7, 11) is 0. The molecule has 0 bridgehead atoms. The van der Waals surface area contributed by atoms with Crippen molar-refractivity contribution in [1.82, 2.24) is 10.3 Å². The number of aliphatic imine (C=N–C) groups is 1. The van der Waals surface area contributed by atoms with Crippen molar-refractivity contribution >= 4 is 46.4 Å². The molecule has 0 saturated heterocycles. The second kappa shape index (κ2) is 11.9. The number of thiazole rings is 1. The monoisotopic (exact) mass is 481 g/mol. The predicted octanol–water partition coefficient (Wildman–Crippen LogP) is 4.37. The van der Waals surface area contributed by atoms with E-state index in [0.717, 1.165) is 21.9 Å². The molecule has 2 aromatic rings. The molecule has 0 saturated carbocycles. The van der Waals surface area contributed by atoms with E-state index in [1.807, 2.05) is 5.38 Å². The Hall–Kier alpha value is -3.55. The zero-order chi connectivity index (χ0) is 23.6. The first-order valence-electron chi connectivity index (χ1n) is 10.1. The molecule has 170 valence electrons. The van der Waals surface area contributed by atoms with Gasteiger partial charge < -0.3 is 15.4 Å². The third-order valence-corrected chi connectivity index (χ3v) is 6.89. The van der Waals surface area contributed by atoms with E-state index in [2.05, 4.69) is 40.0 Å². The number of nitriles is 1. The average Bonchev–Trinajstić information content (AvgIpc) is 3.45. The van der Waals surface area contributed by atoms with Crippen LogP contribution in [0.1, 0.15) is 27.4 Å². The lowest BCUT2D eigenvalue weighted by atomic mass is 9.88. The van der Waals surface area contributed by atoms with Crippen LogP contribution in [0.15, 0.2) is 53.1 Å². The Kier molecular flexibility index (Phi) is 8.69. The molecular weight excluding hydrogens is 458 g/mol. The number of carbonyl (C=O) groups excluding carboxylic acids is 2. The predicted molar refractivity (Wildman–Crippen MR) is 130 cm³/mol. The zero-order valence-electron chi connectivity index (χ0n) is 17.9. The van der Waals surface area contributed by atoms with Crippen molar-refractivity contribution in [1.29, 1.82) is 5.26 Å². The molecule has 0 radical (unpaired) electrons. The van der Waals surface area contributed by atoms with Crippen LogP contribution in [0.4, 0.5) is 9.80 Å². The quantitative estimate of drug-likeness (QED) is 0.313. The lowest BCUT2D eigenvalue weighted by molar-refractivity contribution is -0.111. The summed E-state index contributed by atoms with van der Waals surface area (Å²) >= 11 is 2.86. The minimum absolute atomic E-state index is 0.156. The molecule has 1 aliphatic carbocycles. The molecule has 33 heavy (non-hydrogen) atoms. The Labute approximate surface area is 200 Å². The molecule has 1 atom stereocenters. The van der Waals surface area contributed by atoms with Gasteiger partial charge in [0.25, 0.3) is 0 Å². The van der Waals surface area contributed by atoms with Gasteiger partial charge in [0.15, 0.2) is 0 Å². The number of thiophene rings is 1. The highest BCUT2D eigenvalue weighted by Gasteiger charge is 2.27. The Balaban J connectivity index is 1.57. The lowest BCUT2D eigenvalue weighted by Crippen LogP contribution is -2.27. The molecule has 0 aliphatic heterocycles. The topological polar surface area (TPSA) is 116 Å². The number of fused-ring (bicyclic) bond motifs is 1. The van der Waals surface area contributed by atoms with Gasteiger partial charge in [-0.2, -0.15) is 5.26 Å². The van der Waals surface area contributed by atoms with Gasteiger partial charge >= 0.3 is 6.09 Å². The molecule has 3 rings (SSSR count). The van der Waals surface area contributed by atoms with Gasteiger partial charge in [0.1, 0.15) is 16.1 Å². The molecule has 0 spiro atoms. The third-order valence-electron chi connectivity index (χ3n) is 4.94. The van der Waals surface area contributed by atoms with Crippen LogP contribution >= 0.6 is 22.7 Å². The standard InChI is InChI=1S/C23H23N5O3S2/c1-3-15(12-25-2)5-7-20(29)28-22-18(11-24)17-6-4-16(10-19(17)33-22)14-31-23(30)27-13-21-26-8-9-32-21/h3,5,7-9,12,16H,1-2,4,6,10,13-14H2,(H,27,30)(H,28,29)/b7-5+,15-12+. The van der Waals surface area contributed by atoms with Gasteiger partial charge in [0, 0.05) is 28.7 Å². The van der Waals surface area contributed by atoms with Crippen molar-refractivity contribution < 1.29 is 14.3 Å². The second-order valence-corrected chi connectivity index (χ2v) is 9.23. The summed E-state index contributed by atoms with van der Waals surface area (Å²) in [6.07, 6.45) is 9.38. The van der Waals surface area contributed by atoms with Crippen molar-refractivity contribution in [2.75, 3.05) is 11.9 Å². The van der Waals surface area contributed by atoms with Crippen LogP contribution in [0.25, 0.3) is 0 Å². The summed E-state index contributed by atoms with van der Waals surface area (Å²) in [5, 5.41) is 18.3. The number of aromatic nitrogens is 1. The van der Waals surface area contributed by atoms with Crippen molar-refractivity contribution in [3.8, 4) is 6.07 Å². The SMILES string of the molecule is C=CC(/C=C/C(=O)Nc1sc2c(c1C#N)CCC(COC(=O)NCc1nccs1)C2)=C\N=C. The molecule has 0 aromatic carbocycles. The minimum Gasteiger partial charge on any atom is -0.449 e. The van der Waals surface area contributed by atoms with Crippen LogP contribution in [0.5, 0.6) is 0 Å². The number of nitrogens with zero attached hydrogens (tertiary/aromatic N) is 3. The number of allylic oxidation sites excluding steroid dienone is 3. The number of hydrogen-bond acceptors (Lipinski definition) is 8. The number of anilines is 1. The Morgan fingerprint density at radius 2 is 2.27 bits per heavy atom. The first-order chi connectivity index (χ1) is 16.0. The first-order valence-corrected chi connectivity index (χ1v) is 11.8. The maximum atomic E-state index is 12.3. The van der Waals surface area contributed by atoms with Crippen molar-refractivity contribution in [2.45, 2.75) is 25.8 Å². The summed E-state index contributed by atoms with van der Waals surface area (Å²) in [5.41, 5.74) is 2.11. The van der Waals surface area contributed by atoms with Gasteiger partial charge in [0.2, 0.25) is 5.91 Å². The fourth-order valence-corrected chi connectivity index (χ4v) is 5.20.